The van der Waals surface area contributed by atoms with Gasteiger partial charge in [-0.2, -0.15) is 0 Å². The van der Waals surface area contributed by atoms with Crippen molar-refractivity contribution in [2.45, 2.75) is 251 Å². The molecule has 1 unspecified atom stereocenters. The van der Waals surface area contributed by atoms with Crippen LogP contribution >= 0.6 is 0 Å². The Morgan fingerprint density at radius 3 is 1.19 bits per heavy atom. The first-order valence-electron chi connectivity index (χ1n) is 24.9. The van der Waals surface area contributed by atoms with E-state index in [1.54, 1.807) is 0 Å². The van der Waals surface area contributed by atoms with Gasteiger partial charge < -0.3 is 14.6 Å². The van der Waals surface area contributed by atoms with Gasteiger partial charge in [0.1, 0.15) is 6.10 Å². The van der Waals surface area contributed by atoms with Crippen molar-refractivity contribution in [3.8, 4) is 0 Å². The highest BCUT2D eigenvalue weighted by Gasteiger charge is 2.13. The summed E-state index contributed by atoms with van der Waals surface area (Å²) in [7, 11) is 0. The van der Waals surface area contributed by atoms with Crippen LogP contribution in [0, 0.1) is 0 Å². The molecule has 0 spiro atoms. The smallest absolute Gasteiger partial charge is 0.306 e. The van der Waals surface area contributed by atoms with Crippen molar-refractivity contribution in [3.05, 3.63) is 60.8 Å². The number of aliphatic hydroxyl groups excluding tert-OH is 1. The molecule has 0 bridgehead atoms. The van der Waals surface area contributed by atoms with Crippen LogP contribution in [0.25, 0.3) is 0 Å². The third kappa shape index (κ3) is 48.4. The van der Waals surface area contributed by atoms with Crippen LogP contribution in [0.3, 0.4) is 0 Å². The van der Waals surface area contributed by atoms with Crippen molar-refractivity contribution in [3.63, 3.8) is 0 Å². The summed E-state index contributed by atoms with van der Waals surface area (Å²) in [5, 5.41) is 9.64. The minimum atomic E-state index is -0.544. The van der Waals surface area contributed by atoms with Crippen molar-refractivity contribution >= 4 is 5.97 Å². The lowest BCUT2D eigenvalue weighted by Crippen LogP contribution is -2.27. The Labute approximate surface area is 355 Å². The third-order valence-electron chi connectivity index (χ3n) is 10.9. The van der Waals surface area contributed by atoms with E-state index in [2.05, 4.69) is 74.6 Å². The number of carbonyl (C=O) groups is 1. The van der Waals surface area contributed by atoms with Gasteiger partial charge in [-0.25, -0.2) is 0 Å². The van der Waals surface area contributed by atoms with E-state index in [1.807, 2.05) is 0 Å². The fourth-order valence-corrected chi connectivity index (χ4v) is 7.18. The van der Waals surface area contributed by atoms with E-state index in [0.717, 1.165) is 64.2 Å². The van der Waals surface area contributed by atoms with E-state index >= 15 is 0 Å². The second-order valence-electron chi connectivity index (χ2n) is 16.5. The summed E-state index contributed by atoms with van der Waals surface area (Å²) in [5.74, 6) is -0.203. The highest BCUT2D eigenvalue weighted by atomic mass is 16.6. The summed E-state index contributed by atoms with van der Waals surface area (Å²) in [5.41, 5.74) is 0. The molecule has 0 rings (SSSR count). The van der Waals surface area contributed by atoms with Crippen LogP contribution in [-0.4, -0.2) is 37.0 Å². The highest BCUT2D eigenvalue weighted by molar-refractivity contribution is 5.69. The first-order valence-corrected chi connectivity index (χ1v) is 24.9. The SMILES string of the molecule is CC/C=C\C/C=C\C/C=C\C/C=C\C/C=C\CCCCCCCCOCC(CO)OC(=O)CCCCCCCCCCCCCCCCCCCCCCCCC. The van der Waals surface area contributed by atoms with Crippen molar-refractivity contribution in [2.75, 3.05) is 19.8 Å². The Balaban J connectivity index is 3.43. The second-order valence-corrected chi connectivity index (χ2v) is 16.5. The van der Waals surface area contributed by atoms with Gasteiger partial charge in [0.15, 0.2) is 0 Å². The van der Waals surface area contributed by atoms with Gasteiger partial charge in [-0.1, -0.05) is 242 Å². The monoisotopic (exact) mass is 797 g/mol. The lowest BCUT2D eigenvalue weighted by Gasteiger charge is -2.15. The molecule has 0 saturated carbocycles. The summed E-state index contributed by atoms with van der Waals surface area (Å²) in [6.45, 7) is 5.23. The van der Waals surface area contributed by atoms with Gasteiger partial charge >= 0.3 is 5.97 Å². The maximum atomic E-state index is 12.3. The van der Waals surface area contributed by atoms with Crippen LogP contribution in [0.1, 0.15) is 245 Å². The third-order valence-corrected chi connectivity index (χ3v) is 10.9. The number of aliphatic hydroxyl groups is 1. The molecule has 0 aromatic rings. The molecule has 0 fully saturated rings. The molecule has 57 heavy (non-hydrogen) atoms. The number of hydrogen-bond acceptors (Lipinski definition) is 4. The first kappa shape index (κ1) is 55.1. The summed E-state index contributed by atoms with van der Waals surface area (Å²) >= 11 is 0. The predicted molar refractivity (Wildman–Crippen MR) is 251 cm³/mol. The molecule has 0 heterocycles. The number of rotatable bonds is 46. The highest BCUT2D eigenvalue weighted by Crippen LogP contribution is 2.16. The minimum absolute atomic E-state index is 0.178. The van der Waals surface area contributed by atoms with Gasteiger partial charge in [-0.15, -0.1) is 0 Å². The van der Waals surface area contributed by atoms with E-state index in [9.17, 15) is 9.90 Å². The molecule has 0 aliphatic heterocycles. The summed E-state index contributed by atoms with van der Waals surface area (Å²) < 4.78 is 11.2. The average molecular weight is 797 g/mol. The zero-order valence-electron chi connectivity index (χ0n) is 38.1. The molecule has 1 atom stereocenters. The Kier molecular flexibility index (Phi) is 48.6. The number of unbranched alkanes of at least 4 members (excludes halogenated alkanes) is 28. The van der Waals surface area contributed by atoms with E-state index in [4.69, 9.17) is 9.47 Å². The molecule has 4 nitrogen and oxygen atoms in total. The standard InChI is InChI=1S/C53H96O4/c1-3-5-7-9-11-13-15-17-19-21-23-25-27-28-30-32-34-36-38-40-42-44-46-48-53(55)57-52(50-54)51-56-49-47-45-43-41-39-37-35-33-31-29-26-24-22-20-18-16-14-12-10-8-6-4-2/h6,8,12,14,18,20,24,26,31,33,52,54H,3-5,7,9-11,13,15-17,19,21-23,25,27-30,32,34-51H2,1-2H3/b8-6-,14-12-,20-18-,26-24-,33-31-. The Morgan fingerprint density at radius 2 is 0.789 bits per heavy atom. The number of ether oxygens (including phenoxy) is 2. The van der Waals surface area contributed by atoms with Gasteiger partial charge in [-0.3, -0.25) is 4.79 Å². The molecule has 1 N–H and O–H groups in total. The van der Waals surface area contributed by atoms with E-state index in [0.29, 0.717) is 13.0 Å². The molecule has 0 amide bonds. The number of allylic oxidation sites excluding steroid dienone is 10. The zero-order valence-corrected chi connectivity index (χ0v) is 38.1. The molecular weight excluding hydrogens is 701 g/mol. The molecule has 4 heteroatoms. The lowest BCUT2D eigenvalue weighted by molar-refractivity contribution is -0.154. The van der Waals surface area contributed by atoms with Crippen LogP contribution in [-0.2, 0) is 14.3 Å². The van der Waals surface area contributed by atoms with Crippen molar-refractivity contribution in [1.82, 2.24) is 0 Å². The first-order chi connectivity index (χ1) is 28.2. The van der Waals surface area contributed by atoms with Gasteiger partial charge in [0, 0.05) is 13.0 Å². The Morgan fingerprint density at radius 1 is 0.439 bits per heavy atom. The van der Waals surface area contributed by atoms with Gasteiger partial charge in [0.25, 0.3) is 0 Å². The van der Waals surface area contributed by atoms with E-state index in [1.165, 1.54) is 161 Å². The van der Waals surface area contributed by atoms with Crippen LogP contribution in [0.5, 0.6) is 0 Å². The van der Waals surface area contributed by atoms with Gasteiger partial charge in [-0.05, 0) is 57.8 Å². The molecule has 0 radical (unpaired) electrons. The number of carbonyl (C=O) groups excluding carboxylic acids is 1. The quantitative estimate of drug-likeness (QED) is 0.0379. The fourth-order valence-electron chi connectivity index (χ4n) is 7.18. The molecule has 332 valence electrons. The van der Waals surface area contributed by atoms with E-state index in [-0.39, 0.29) is 19.2 Å². The summed E-state index contributed by atoms with van der Waals surface area (Å²) in [4.78, 5) is 12.3. The summed E-state index contributed by atoms with van der Waals surface area (Å²) in [6, 6.07) is 0. The maximum Gasteiger partial charge on any atom is 0.306 e. The number of esters is 1. The Hall–Kier alpha value is -1.91. The lowest BCUT2D eigenvalue weighted by atomic mass is 10.0. The molecule has 0 aromatic heterocycles. The zero-order chi connectivity index (χ0) is 41.2. The summed E-state index contributed by atoms with van der Waals surface area (Å²) in [6.07, 6.45) is 67.4. The normalized spacial score (nSPS) is 12.8. The Bertz CT molecular complexity index is 931. The minimum Gasteiger partial charge on any atom is -0.457 e. The van der Waals surface area contributed by atoms with Crippen molar-refractivity contribution < 1.29 is 19.4 Å². The van der Waals surface area contributed by atoms with Crippen LogP contribution in [0.4, 0.5) is 0 Å². The van der Waals surface area contributed by atoms with Crippen molar-refractivity contribution in [1.29, 1.82) is 0 Å². The fraction of sp³-hybridized carbons (Fsp3) is 0.792. The molecular formula is C53H96O4. The molecule has 0 aliphatic carbocycles. The predicted octanol–water partition coefficient (Wildman–Crippen LogP) is 16.8. The van der Waals surface area contributed by atoms with E-state index < -0.39 is 6.10 Å². The average Bonchev–Trinajstić information content (AvgIpc) is 3.22. The molecule has 0 aromatic carbocycles. The van der Waals surface area contributed by atoms with Crippen LogP contribution in [0.15, 0.2) is 60.8 Å². The molecule has 0 saturated heterocycles. The largest absolute Gasteiger partial charge is 0.457 e. The van der Waals surface area contributed by atoms with Crippen LogP contribution in [0.2, 0.25) is 0 Å². The maximum absolute atomic E-state index is 12.3. The molecule has 0 aliphatic rings. The van der Waals surface area contributed by atoms with Gasteiger partial charge in [0.05, 0.1) is 13.2 Å². The van der Waals surface area contributed by atoms with Gasteiger partial charge in [0.2, 0.25) is 0 Å². The number of hydrogen-bond donors (Lipinski definition) is 1. The van der Waals surface area contributed by atoms with Crippen molar-refractivity contribution in [2.24, 2.45) is 0 Å². The second kappa shape index (κ2) is 50.2. The topological polar surface area (TPSA) is 55.8 Å². The van der Waals surface area contributed by atoms with Crippen LogP contribution < -0.4 is 0 Å².